The second-order valence-electron chi connectivity index (χ2n) is 7.21. The molecule has 0 aliphatic carbocycles. The van der Waals surface area contributed by atoms with Gasteiger partial charge < -0.3 is 9.47 Å². The molecule has 0 bridgehead atoms. The van der Waals surface area contributed by atoms with E-state index in [1.165, 1.54) is 44.9 Å². The highest BCUT2D eigenvalue weighted by Gasteiger charge is 2.17. The number of carbonyl (C=O) groups is 2. The van der Waals surface area contributed by atoms with Crippen molar-refractivity contribution in [2.75, 3.05) is 13.2 Å². The molecular formula is C22H42O4. The van der Waals surface area contributed by atoms with Gasteiger partial charge in [-0.1, -0.05) is 85.0 Å². The lowest BCUT2D eigenvalue weighted by Crippen LogP contribution is -2.20. The van der Waals surface area contributed by atoms with Crippen LogP contribution in [0.1, 0.15) is 111 Å². The lowest BCUT2D eigenvalue weighted by atomic mass is 10.00. The van der Waals surface area contributed by atoms with E-state index in [9.17, 15) is 9.59 Å². The van der Waals surface area contributed by atoms with Gasteiger partial charge in [0, 0.05) is 6.42 Å². The fourth-order valence-corrected chi connectivity index (χ4v) is 3.01. The molecule has 0 rings (SSSR count). The van der Waals surface area contributed by atoms with Crippen molar-refractivity contribution < 1.29 is 19.1 Å². The Hall–Kier alpha value is -1.06. The fourth-order valence-electron chi connectivity index (χ4n) is 3.01. The number of rotatable bonds is 18. The monoisotopic (exact) mass is 370 g/mol. The number of ether oxygens (including phenoxy) is 2. The van der Waals surface area contributed by atoms with Crippen molar-refractivity contribution in [1.82, 2.24) is 0 Å². The van der Waals surface area contributed by atoms with Gasteiger partial charge in [-0.3, -0.25) is 9.59 Å². The summed E-state index contributed by atoms with van der Waals surface area (Å²) in [4.78, 5) is 23.6. The maximum Gasteiger partial charge on any atom is 0.309 e. The van der Waals surface area contributed by atoms with E-state index in [1.54, 1.807) is 0 Å². The third-order valence-corrected chi connectivity index (χ3v) is 4.81. The molecule has 0 heterocycles. The molecule has 0 N–H and O–H groups in total. The summed E-state index contributed by atoms with van der Waals surface area (Å²) in [6.45, 7) is 6.70. The Labute approximate surface area is 161 Å². The molecule has 0 aromatic heterocycles. The highest BCUT2D eigenvalue weighted by atomic mass is 16.6. The van der Waals surface area contributed by atoms with E-state index in [0.29, 0.717) is 6.42 Å². The first-order chi connectivity index (χ1) is 12.7. The Morgan fingerprint density at radius 1 is 0.692 bits per heavy atom. The number of hydrogen-bond donors (Lipinski definition) is 0. The van der Waals surface area contributed by atoms with Crippen molar-refractivity contribution in [3.8, 4) is 0 Å². The van der Waals surface area contributed by atoms with Crippen LogP contribution in [0.3, 0.4) is 0 Å². The number of esters is 2. The van der Waals surface area contributed by atoms with Gasteiger partial charge in [-0.15, -0.1) is 0 Å². The van der Waals surface area contributed by atoms with E-state index in [1.807, 2.05) is 6.92 Å². The summed E-state index contributed by atoms with van der Waals surface area (Å²) in [6, 6.07) is 0. The molecule has 0 amide bonds. The van der Waals surface area contributed by atoms with Gasteiger partial charge in [0.15, 0.2) is 0 Å². The van der Waals surface area contributed by atoms with Gasteiger partial charge >= 0.3 is 11.9 Å². The summed E-state index contributed by atoms with van der Waals surface area (Å²) < 4.78 is 10.4. The molecule has 0 radical (unpaired) electrons. The lowest BCUT2D eigenvalue weighted by molar-refractivity contribution is -0.155. The smallest absolute Gasteiger partial charge is 0.309 e. The summed E-state index contributed by atoms with van der Waals surface area (Å²) in [6.07, 6.45) is 15.4. The molecule has 1 atom stereocenters. The van der Waals surface area contributed by atoms with Crippen molar-refractivity contribution in [3.05, 3.63) is 0 Å². The second kappa shape index (κ2) is 18.7. The molecule has 0 fully saturated rings. The molecule has 154 valence electrons. The minimum Gasteiger partial charge on any atom is -0.462 e. The van der Waals surface area contributed by atoms with E-state index in [2.05, 4.69) is 13.8 Å². The topological polar surface area (TPSA) is 52.6 Å². The van der Waals surface area contributed by atoms with Crippen LogP contribution in [0.2, 0.25) is 0 Å². The standard InChI is InChI=1S/C22H42O4/c1-4-7-9-10-11-12-13-14-15-17-21(23)25-18-19-26-22(24)20(6-3)16-8-5-2/h20H,4-19H2,1-3H3. The molecule has 26 heavy (non-hydrogen) atoms. The van der Waals surface area contributed by atoms with E-state index >= 15 is 0 Å². The maximum absolute atomic E-state index is 11.9. The molecule has 0 aliphatic rings. The van der Waals surface area contributed by atoms with Crippen LogP contribution in [-0.4, -0.2) is 25.2 Å². The van der Waals surface area contributed by atoms with E-state index in [-0.39, 0.29) is 31.1 Å². The van der Waals surface area contributed by atoms with Crippen molar-refractivity contribution in [3.63, 3.8) is 0 Å². The Bertz CT molecular complexity index is 341. The van der Waals surface area contributed by atoms with Gasteiger partial charge in [-0.2, -0.15) is 0 Å². The zero-order valence-corrected chi connectivity index (χ0v) is 17.5. The summed E-state index contributed by atoms with van der Waals surface area (Å²) in [7, 11) is 0. The summed E-state index contributed by atoms with van der Waals surface area (Å²) >= 11 is 0. The third kappa shape index (κ3) is 15.2. The van der Waals surface area contributed by atoms with Gasteiger partial charge in [0.05, 0.1) is 5.92 Å². The zero-order valence-electron chi connectivity index (χ0n) is 17.5. The Kier molecular flexibility index (Phi) is 18.0. The van der Waals surface area contributed by atoms with Crippen molar-refractivity contribution in [1.29, 1.82) is 0 Å². The highest BCUT2D eigenvalue weighted by molar-refractivity contribution is 5.72. The predicted molar refractivity (Wildman–Crippen MR) is 107 cm³/mol. The molecule has 0 saturated carbocycles. The molecule has 4 nitrogen and oxygen atoms in total. The number of unbranched alkanes of at least 4 members (excludes halogenated alkanes) is 9. The SMILES string of the molecule is CCCCCCCCCCCC(=O)OCCOC(=O)C(CC)CCCC. The van der Waals surface area contributed by atoms with Crippen molar-refractivity contribution >= 4 is 11.9 Å². The van der Waals surface area contributed by atoms with Crippen LogP contribution in [0.15, 0.2) is 0 Å². The minimum atomic E-state index is -0.179. The Morgan fingerprint density at radius 2 is 1.23 bits per heavy atom. The van der Waals surface area contributed by atoms with Gasteiger partial charge in [0.1, 0.15) is 13.2 Å². The Morgan fingerprint density at radius 3 is 1.81 bits per heavy atom. The molecule has 0 aromatic carbocycles. The maximum atomic E-state index is 11.9. The van der Waals surface area contributed by atoms with Gasteiger partial charge in [0.25, 0.3) is 0 Å². The largest absolute Gasteiger partial charge is 0.462 e. The molecule has 0 saturated heterocycles. The van der Waals surface area contributed by atoms with E-state index < -0.39 is 0 Å². The summed E-state index contributed by atoms with van der Waals surface area (Å²) in [5.74, 6) is -0.356. The first kappa shape index (κ1) is 24.9. The first-order valence-electron chi connectivity index (χ1n) is 11.0. The lowest BCUT2D eigenvalue weighted by Gasteiger charge is -2.13. The highest BCUT2D eigenvalue weighted by Crippen LogP contribution is 2.14. The third-order valence-electron chi connectivity index (χ3n) is 4.81. The number of hydrogen-bond acceptors (Lipinski definition) is 4. The quantitative estimate of drug-likeness (QED) is 0.212. The Balaban J connectivity index is 3.50. The minimum absolute atomic E-state index is 0.0207. The van der Waals surface area contributed by atoms with Crippen LogP contribution in [0, 0.1) is 5.92 Å². The molecule has 0 aromatic rings. The van der Waals surface area contributed by atoms with Crippen LogP contribution in [0.5, 0.6) is 0 Å². The predicted octanol–water partition coefficient (Wildman–Crippen LogP) is 6.21. The summed E-state index contributed by atoms with van der Waals surface area (Å²) in [5.41, 5.74) is 0. The van der Waals surface area contributed by atoms with Gasteiger partial charge in [-0.05, 0) is 19.3 Å². The zero-order chi connectivity index (χ0) is 19.5. The average Bonchev–Trinajstić information content (AvgIpc) is 2.64. The van der Waals surface area contributed by atoms with Crippen LogP contribution in [0.4, 0.5) is 0 Å². The molecule has 0 aliphatic heterocycles. The van der Waals surface area contributed by atoms with Crippen LogP contribution >= 0.6 is 0 Å². The molecule has 4 heteroatoms. The van der Waals surface area contributed by atoms with Crippen LogP contribution < -0.4 is 0 Å². The van der Waals surface area contributed by atoms with Crippen LogP contribution in [-0.2, 0) is 19.1 Å². The molecule has 0 spiro atoms. The average molecular weight is 371 g/mol. The first-order valence-corrected chi connectivity index (χ1v) is 11.0. The summed E-state index contributed by atoms with van der Waals surface area (Å²) in [5, 5.41) is 0. The number of carbonyl (C=O) groups excluding carboxylic acids is 2. The van der Waals surface area contributed by atoms with E-state index in [4.69, 9.17) is 9.47 Å². The fraction of sp³-hybridized carbons (Fsp3) is 0.909. The molecule has 1 unspecified atom stereocenters. The van der Waals surface area contributed by atoms with E-state index in [0.717, 1.165) is 38.5 Å². The van der Waals surface area contributed by atoms with Gasteiger partial charge in [-0.25, -0.2) is 0 Å². The van der Waals surface area contributed by atoms with Gasteiger partial charge in [0.2, 0.25) is 0 Å². The normalized spacial score (nSPS) is 12.0. The molecular weight excluding hydrogens is 328 g/mol. The van der Waals surface area contributed by atoms with Crippen molar-refractivity contribution in [2.24, 2.45) is 5.92 Å². The second-order valence-corrected chi connectivity index (χ2v) is 7.21. The van der Waals surface area contributed by atoms with Crippen LogP contribution in [0.25, 0.3) is 0 Å². The van der Waals surface area contributed by atoms with Crippen molar-refractivity contribution in [2.45, 2.75) is 111 Å².